The molecule has 0 bridgehead atoms. The molecule has 1 unspecified atom stereocenters. The Morgan fingerprint density at radius 3 is 2.82 bits per heavy atom. The second-order valence-corrected chi connectivity index (χ2v) is 4.03. The number of nitrogens with one attached hydrogen (secondary N) is 1. The average molecular weight is 231 g/mol. The fourth-order valence-electron chi connectivity index (χ4n) is 1.60. The molecule has 1 aromatic carbocycles. The van der Waals surface area contributed by atoms with E-state index in [4.69, 9.17) is 4.74 Å². The Labute approximate surface area is 101 Å². The molecule has 4 heteroatoms. The molecule has 0 aliphatic heterocycles. The van der Waals surface area contributed by atoms with Gasteiger partial charge in [-0.05, 0) is 31.7 Å². The minimum absolute atomic E-state index is 0.312. The van der Waals surface area contributed by atoms with Gasteiger partial charge < -0.3 is 10.1 Å². The Hall–Kier alpha value is -1.81. The third-order valence-electron chi connectivity index (χ3n) is 2.71. The van der Waals surface area contributed by atoms with Crippen molar-refractivity contribution in [3.8, 4) is 11.5 Å². The number of hydrogen-bond acceptors (Lipinski definition) is 3. The lowest BCUT2D eigenvalue weighted by Gasteiger charge is -2.11. The Kier molecular flexibility index (Phi) is 3.44. The molecule has 2 rings (SSSR count). The van der Waals surface area contributed by atoms with Gasteiger partial charge in [0.1, 0.15) is 5.75 Å². The number of hydrogen-bond donors (Lipinski definition) is 1. The molecule has 1 N–H and O–H groups in total. The van der Waals surface area contributed by atoms with Gasteiger partial charge in [-0.2, -0.15) is 5.10 Å². The van der Waals surface area contributed by atoms with Crippen molar-refractivity contribution in [3.05, 3.63) is 42.2 Å². The van der Waals surface area contributed by atoms with Crippen molar-refractivity contribution in [2.45, 2.75) is 13.0 Å². The van der Waals surface area contributed by atoms with Gasteiger partial charge in [0.05, 0.1) is 12.4 Å². The monoisotopic (exact) mass is 231 g/mol. The molecule has 0 spiro atoms. The van der Waals surface area contributed by atoms with Crippen LogP contribution in [0.15, 0.2) is 36.7 Å². The van der Waals surface area contributed by atoms with E-state index < -0.39 is 0 Å². The summed E-state index contributed by atoms with van der Waals surface area (Å²) in [7, 11) is 3.81. The van der Waals surface area contributed by atoms with Crippen LogP contribution in [0.5, 0.6) is 11.5 Å². The van der Waals surface area contributed by atoms with Crippen LogP contribution in [-0.2, 0) is 7.05 Å². The second-order valence-electron chi connectivity index (χ2n) is 4.03. The Balaban J connectivity index is 2.16. The molecule has 0 amide bonds. The SMILES string of the molecule is CNC(C)c1cccc(Oc2cnn(C)c2)c1. The van der Waals surface area contributed by atoms with Gasteiger partial charge in [0.25, 0.3) is 0 Å². The van der Waals surface area contributed by atoms with Gasteiger partial charge in [0, 0.05) is 13.1 Å². The maximum absolute atomic E-state index is 5.72. The summed E-state index contributed by atoms with van der Waals surface area (Å²) >= 11 is 0. The van der Waals surface area contributed by atoms with Crippen LogP contribution in [0.4, 0.5) is 0 Å². The molecule has 2 aromatic rings. The van der Waals surface area contributed by atoms with Crippen LogP contribution < -0.4 is 10.1 Å². The summed E-state index contributed by atoms with van der Waals surface area (Å²) in [4.78, 5) is 0. The molecular weight excluding hydrogens is 214 g/mol. The molecule has 0 aliphatic carbocycles. The van der Waals surface area contributed by atoms with E-state index in [2.05, 4.69) is 23.4 Å². The van der Waals surface area contributed by atoms with Crippen molar-refractivity contribution < 1.29 is 4.74 Å². The highest BCUT2D eigenvalue weighted by Gasteiger charge is 2.05. The molecular formula is C13H17N3O. The Morgan fingerprint density at radius 2 is 2.18 bits per heavy atom. The minimum Gasteiger partial charge on any atom is -0.454 e. The van der Waals surface area contributed by atoms with E-state index in [9.17, 15) is 0 Å². The molecule has 1 aromatic heterocycles. The summed E-state index contributed by atoms with van der Waals surface area (Å²) in [5.41, 5.74) is 1.20. The van der Waals surface area contributed by atoms with Crippen LogP contribution in [0.2, 0.25) is 0 Å². The van der Waals surface area contributed by atoms with Crippen LogP contribution in [0.1, 0.15) is 18.5 Å². The van der Waals surface area contributed by atoms with Crippen molar-refractivity contribution >= 4 is 0 Å². The minimum atomic E-state index is 0.312. The lowest BCUT2D eigenvalue weighted by molar-refractivity contribution is 0.480. The molecule has 1 atom stereocenters. The smallest absolute Gasteiger partial charge is 0.165 e. The highest BCUT2D eigenvalue weighted by Crippen LogP contribution is 2.23. The van der Waals surface area contributed by atoms with Crippen molar-refractivity contribution in [2.24, 2.45) is 7.05 Å². The van der Waals surface area contributed by atoms with Crippen LogP contribution in [0.3, 0.4) is 0 Å². The number of ether oxygens (including phenoxy) is 1. The molecule has 0 saturated carbocycles. The van der Waals surface area contributed by atoms with E-state index in [0.717, 1.165) is 11.5 Å². The standard InChI is InChI=1S/C13H17N3O/c1-10(14-2)11-5-4-6-12(7-11)17-13-8-15-16(3)9-13/h4-10,14H,1-3H3. The van der Waals surface area contributed by atoms with E-state index in [1.807, 2.05) is 38.5 Å². The van der Waals surface area contributed by atoms with Crippen molar-refractivity contribution in [1.29, 1.82) is 0 Å². The van der Waals surface area contributed by atoms with E-state index in [1.54, 1.807) is 10.9 Å². The third kappa shape index (κ3) is 2.85. The first-order valence-electron chi connectivity index (χ1n) is 5.63. The van der Waals surface area contributed by atoms with Gasteiger partial charge in [-0.25, -0.2) is 0 Å². The van der Waals surface area contributed by atoms with Crippen LogP contribution >= 0.6 is 0 Å². The first-order valence-corrected chi connectivity index (χ1v) is 5.63. The first kappa shape index (κ1) is 11.7. The second kappa shape index (κ2) is 5.01. The van der Waals surface area contributed by atoms with Gasteiger partial charge >= 0.3 is 0 Å². The predicted octanol–water partition coefficient (Wildman–Crippen LogP) is 2.49. The quantitative estimate of drug-likeness (QED) is 0.878. The summed E-state index contributed by atoms with van der Waals surface area (Å²) < 4.78 is 7.44. The Bertz CT molecular complexity index is 493. The van der Waals surface area contributed by atoms with Gasteiger partial charge in [0.2, 0.25) is 0 Å². The van der Waals surface area contributed by atoms with Crippen molar-refractivity contribution in [2.75, 3.05) is 7.05 Å². The van der Waals surface area contributed by atoms with Crippen LogP contribution in [0, 0.1) is 0 Å². The zero-order chi connectivity index (χ0) is 12.3. The maximum atomic E-state index is 5.72. The van der Waals surface area contributed by atoms with Gasteiger partial charge in [0.15, 0.2) is 5.75 Å². The molecule has 1 heterocycles. The predicted molar refractivity (Wildman–Crippen MR) is 67.2 cm³/mol. The maximum Gasteiger partial charge on any atom is 0.165 e. The van der Waals surface area contributed by atoms with Gasteiger partial charge in [-0.3, -0.25) is 4.68 Å². The fourth-order valence-corrected chi connectivity index (χ4v) is 1.60. The zero-order valence-electron chi connectivity index (χ0n) is 10.3. The summed E-state index contributed by atoms with van der Waals surface area (Å²) in [6.07, 6.45) is 3.54. The number of nitrogens with zero attached hydrogens (tertiary/aromatic N) is 2. The zero-order valence-corrected chi connectivity index (χ0v) is 10.3. The lowest BCUT2D eigenvalue weighted by atomic mass is 10.1. The van der Waals surface area contributed by atoms with Crippen LogP contribution in [-0.4, -0.2) is 16.8 Å². The average Bonchev–Trinajstić information content (AvgIpc) is 2.74. The summed E-state index contributed by atoms with van der Waals surface area (Å²) in [6, 6.07) is 8.37. The van der Waals surface area contributed by atoms with E-state index in [0.29, 0.717) is 6.04 Å². The fraction of sp³-hybridized carbons (Fsp3) is 0.308. The molecule has 0 aliphatic rings. The highest BCUT2D eigenvalue weighted by molar-refractivity contribution is 5.33. The van der Waals surface area contributed by atoms with Crippen molar-refractivity contribution in [1.82, 2.24) is 15.1 Å². The molecule has 0 radical (unpaired) electrons. The molecule has 90 valence electrons. The first-order chi connectivity index (χ1) is 8.19. The molecule has 4 nitrogen and oxygen atoms in total. The topological polar surface area (TPSA) is 39.1 Å². The lowest BCUT2D eigenvalue weighted by Crippen LogP contribution is -2.11. The molecule has 17 heavy (non-hydrogen) atoms. The van der Waals surface area contributed by atoms with Crippen LogP contribution in [0.25, 0.3) is 0 Å². The largest absolute Gasteiger partial charge is 0.454 e. The third-order valence-corrected chi connectivity index (χ3v) is 2.71. The van der Waals surface area contributed by atoms with E-state index in [1.165, 1.54) is 5.56 Å². The Morgan fingerprint density at radius 1 is 1.35 bits per heavy atom. The van der Waals surface area contributed by atoms with Gasteiger partial charge in [-0.1, -0.05) is 12.1 Å². The summed E-state index contributed by atoms with van der Waals surface area (Å²) in [5, 5.41) is 7.27. The number of aryl methyl sites for hydroxylation is 1. The summed E-state index contributed by atoms with van der Waals surface area (Å²) in [5.74, 6) is 1.58. The number of rotatable bonds is 4. The van der Waals surface area contributed by atoms with Crippen molar-refractivity contribution in [3.63, 3.8) is 0 Å². The summed E-state index contributed by atoms with van der Waals surface area (Å²) in [6.45, 7) is 2.11. The normalized spacial score (nSPS) is 12.4. The number of benzene rings is 1. The van der Waals surface area contributed by atoms with Gasteiger partial charge in [-0.15, -0.1) is 0 Å². The molecule has 0 fully saturated rings. The highest BCUT2D eigenvalue weighted by atomic mass is 16.5. The molecule has 0 saturated heterocycles. The number of aromatic nitrogens is 2. The van der Waals surface area contributed by atoms with E-state index in [-0.39, 0.29) is 0 Å². The van der Waals surface area contributed by atoms with E-state index >= 15 is 0 Å².